The predicted octanol–water partition coefficient (Wildman–Crippen LogP) is 4.56. The van der Waals surface area contributed by atoms with Gasteiger partial charge in [-0.1, -0.05) is 12.8 Å². The Bertz CT molecular complexity index is 267. The van der Waals surface area contributed by atoms with Crippen molar-refractivity contribution in [1.82, 2.24) is 0 Å². The minimum absolute atomic E-state index is 0.0226. The van der Waals surface area contributed by atoms with E-state index in [2.05, 4.69) is 26.6 Å². The van der Waals surface area contributed by atoms with Crippen LogP contribution in [0.25, 0.3) is 0 Å². The minimum atomic E-state index is -1.70. The second kappa shape index (κ2) is 8.22. The average molecular weight is 305 g/mol. The SMILES string of the molecule is CC(CCCCCC(=O)O[Si](C)(C)C)O[Si](C)(C)C. The van der Waals surface area contributed by atoms with Gasteiger partial charge >= 0.3 is 0 Å². The smallest absolute Gasteiger partial charge is 0.292 e. The van der Waals surface area contributed by atoms with Crippen LogP contribution in [0.5, 0.6) is 0 Å². The van der Waals surface area contributed by atoms with E-state index in [0.717, 1.165) is 25.7 Å². The summed E-state index contributed by atoms with van der Waals surface area (Å²) in [6.45, 7) is 14.9. The van der Waals surface area contributed by atoms with Crippen LogP contribution in [0.3, 0.4) is 0 Å². The van der Waals surface area contributed by atoms with Gasteiger partial charge in [0.1, 0.15) is 0 Å². The van der Waals surface area contributed by atoms with E-state index in [0.29, 0.717) is 12.5 Å². The minimum Gasteiger partial charge on any atom is -0.520 e. The summed E-state index contributed by atoms with van der Waals surface area (Å²) < 4.78 is 11.4. The molecule has 0 saturated heterocycles. The van der Waals surface area contributed by atoms with E-state index >= 15 is 0 Å². The Morgan fingerprint density at radius 1 is 0.947 bits per heavy atom. The van der Waals surface area contributed by atoms with E-state index in [4.69, 9.17) is 8.85 Å². The first-order valence-electron chi connectivity index (χ1n) is 7.39. The molecule has 5 heteroatoms. The standard InChI is InChI=1S/C14H32O3Si2/c1-13(16-18(2,3)4)11-9-8-10-12-14(15)17-19(5,6)7/h13H,8-12H2,1-7H3. The third-order valence-electron chi connectivity index (χ3n) is 2.47. The molecule has 0 N–H and O–H groups in total. The topological polar surface area (TPSA) is 35.5 Å². The maximum absolute atomic E-state index is 11.5. The largest absolute Gasteiger partial charge is 0.520 e. The van der Waals surface area contributed by atoms with Crippen LogP contribution >= 0.6 is 0 Å². The Hall–Kier alpha value is -0.136. The normalized spacial score (nSPS) is 14.3. The van der Waals surface area contributed by atoms with Crippen LogP contribution in [0.2, 0.25) is 39.3 Å². The third kappa shape index (κ3) is 14.1. The van der Waals surface area contributed by atoms with Crippen molar-refractivity contribution in [2.45, 2.75) is 84.4 Å². The Morgan fingerprint density at radius 3 is 2.00 bits per heavy atom. The van der Waals surface area contributed by atoms with Crippen LogP contribution in [-0.4, -0.2) is 28.7 Å². The summed E-state index contributed by atoms with van der Waals surface area (Å²) in [6.07, 6.45) is 5.15. The summed E-state index contributed by atoms with van der Waals surface area (Å²) in [4.78, 5) is 11.5. The van der Waals surface area contributed by atoms with Crippen molar-refractivity contribution >= 4 is 22.6 Å². The van der Waals surface area contributed by atoms with Crippen molar-refractivity contribution in [2.24, 2.45) is 0 Å². The summed E-state index contributed by atoms with van der Waals surface area (Å²) in [5.41, 5.74) is 0. The van der Waals surface area contributed by atoms with Gasteiger partial charge in [0.15, 0.2) is 8.32 Å². The molecule has 1 unspecified atom stereocenters. The molecule has 1 atom stereocenters. The van der Waals surface area contributed by atoms with Crippen molar-refractivity contribution in [1.29, 1.82) is 0 Å². The molecule has 0 amide bonds. The van der Waals surface area contributed by atoms with Crippen LogP contribution in [0.1, 0.15) is 39.0 Å². The Morgan fingerprint density at radius 2 is 1.53 bits per heavy atom. The first kappa shape index (κ1) is 18.9. The third-order valence-corrected chi connectivity index (χ3v) is 4.42. The van der Waals surface area contributed by atoms with Crippen molar-refractivity contribution in [3.8, 4) is 0 Å². The molecule has 0 spiro atoms. The summed E-state index contributed by atoms with van der Waals surface area (Å²) in [5, 5.41) is 0. The maximum atomic E-state index is 11.5. The summed E-state index contributed by atoms with van der Waals surface area (Å²) >= 11 is 0. The first-order valence-corrected chi connectivity index (χ1v) is 14.2. The quantitative estimate of drug-likeness (QED) is 0.463. The second-order valence-corrected chi connectivity index (χ2v) is 16.1. The Balaban J connectivity index is 3.58. The van der Waals surface area contributed by atoms with Crippen molar-refractivity contribution in [3.63, 3.8) is 0 Å². The molecule has 0 heterocycles. The van der Waals surface area contributed by atoms with Gasteiger partial charge in [0.25, 0.3) is 5.97 Å². The molecule has 0 rings (SSSR count). The van der Waals surface area contributed by atoms with Gasteiger partial charge in [0.2, 0.25) is 8.32 Å². The maximum Gasteiger partial charge on any atom is 0.292 e. The van der Waals surface area contributed by atoms with E-state index in [1.165, 1.54) is 0 Å². The van der Waals surface area contributed by atoms with Crippen molar-refractivity contribution < 1.29 is 13.6 Å². The number of rotatable bonds is 9. The van der Waals surface area contributed by atoms with Crippen LogP contribution in [0.15, 0.2) is 0 Å². The molecule has 3 nitrogen and oxygen atoms in total. The zero-order valence-electron chi connectivity index (χ0n) is 13.8. The molecule has 0 fully saturated rings. The van der Waals surface area contributed by atoms with E-state index < -0.39 is 16.6 Å². The number of unbranched alkanes of at least 4 members (excludes halogenated alkanes) is 2. The highest BCUT2D eigenvalue weighted by Crippen LogP contribution is 2.14. The first-order chi connectivity index (χ1) is 8.49. The van der Waals surface area contributed by atoms with Crippen LogP contribution in [-0.2, 0) is 13.6 Å². The molecule has 0 aliphatic heterocycles. The van der Waals surface area contributed by atoms with Gasteiger partial charge in [-0.25, -0.2) is 0 Å². The molecular formula is C14H32O3Si2. The molecule has 0 saturated carbocycles. The molecule has 0 aromatic carbocycles. The Labute approximate surface area is 121 Å². The lowest BCUT2D eigenvalue weighted by atomic mass is 10.1. The van der Waals surface area contributed by atoms with E-state index in [-0.39, 0.29) is 5.97 Å². The lowest BCUT2D eigenvalue weighted by Crippen LogP contribution is -2.30. The fourth-order valence-corrected chi connectivity index (χ4v) is 4.04. The van der Waals surface area contributed by atoms with Gasteiger partial charge in [-0.3, -0.25) is 4.79 Å². The molecule has 0 bridgehead atoms. The summed E-state index contributed by atoms with van der Waals surface area (Å²) in [5.74, 6) is -0.0226. The molecule has 0 radical (unpaired) electrons. The van der Waals surface area contributed by atoms with Gasteiger partial charge in [0, 0.05) is 12.5 Å². The molecule has 0 aromatic rings. The Kier molecular flexibility index (Phi) is 8.16. The second-order valence-electron chi connectivity index (χ2n) is 7.23. The molecule has 114 valence electrons. The fraction of sp³-hybridized carbons (Fsp3) is 0.929. The highest BCUT2D eigenvalue weighted by molar-refractivity contribution is 6.71. The average Bonchev–Trinajstić information content (AvgIpc) is 2.10. The van der Waals surface area contributed by atoms with Gasteiger partial charge in [-0.15, -0.1) is 0 Å². The molecule has 0 aliphatic carbocycles. The zero-order valence-corrected chi connectivity index (χ0v) is 15.8. The van der Waals surface area contributed by atoms with Crippen molar-refractivity contribution in [3.05, 3.63) is 0 Å². The van der Waals surface area contributed by atoms with Gasteiger partial charge in [0.05, 0.1) is 0 Å². The fourth-order valence-electron chi connectivity index (χ4n) is 1.93. The van der Waals surface area contributed by atoms with Crippen LogP contribution in [0.4, 0.5) is 0 Å². The van der Waals surface area contributed by atoms with E-state index in [1.807, 2.05) is 19.6 Å². The zero-order chi connectivity index (χ0) is 15.1. The highest BCUT2D eigenvalue weighted by atomic mass is 28.4. The van der Waals surface area contributed by atoms with E-state index in [9.17, 15) is 4.79 Å². The van der Waals surface area contributed by atoms with Crippen LogP contribution < -0.4 is 0 Å². The predicted molar refractivity (Wildman–Crippen MR) is 86.4 cm³/mol. The summed E-state index contributed by atoms with van der Waals surface area (Å²) in [6, 6.07) is 0. The number of carbonyl (C=O) groups is 1. The number of hydrogen-bond donors (Lipinski definition) is 0. The van der Waals surface area contributed by atoms with Crippen LogP contribution in [0, 0.1) is 0 Å². The molecule has 0 aliphatic rings. The number of carbonyl (C=O) groups excluding carboxylic acids is 1. The monoisotopic (exact) mass is 304 g/mol. The lowest BCUT2D eigenvalue weighted by molar-refractivity contribution is -0.135. The lowest BCUT2D eigenvalue weighted by Gasteiger charge is -2.23. The van der Waals surface area contributed by atoms with Gasteiger partial charge in [-0.05, 0) is 59.0 Å². The van der Waals surface area contributed by atoms with E-state index in [1.54, 1.807) is 0 Å². The molecule has 19 heavy (non-hydrogen) atoms. The molecular weight excluding hydrogens is 272 g/mol. The highest BCUT2D eigenvalue weighted by Gasteiger charge is 2.20. The van der Waals surface area contributed by atoms with Crippen molar-refractivity contribution in [2.75, 3.05) is 0 Å². The molecule has 0 aromatic heterocycles. The summed E-state index contributed by atoms with van der Waals surface area (Å²) in [7, 11) is -3.10. The number of hydrogen-bond acceptors (Lipinski definition) is 3. The van der Waals surface area contributed by atoms with Gasteiger partial charge < -0.3 is 8.85 Å². The van der Waals surface area contributed by atoms with Gasteiger partial charge in [-0.2, -0.15) is 0 Å².